The molecule has 0 unspecified atom stereocenters. The van der Waals surface area contributed by atoms with E-state index in [0.717, 1.165) is 11.8 Å². The Morgan fingerprint density at radius 3 is 2.28 bits per heavy atom. The number of rotatable bonds is 5. The summed E-state index contributed by atoms with van der Waals surface area (Å²) in [6.45, 7) is 2.53. The molecule has 1 aliphatic rings. The van der Waals surface area contributed by atoms with Crippen LogP contribution in [0.15, 0.2) is 29.4 Å². The minimum absolute atomic E-state index is 0.0295. The third-order valence-corrected chi connectivity index (χ3v) is 5.86. The first-order chi connectivity index (χ1) is 11.8. The molecule has 25 heavy (non-hydrogen) atoms. The molecule has 2 rings (SSSR count). The number of pyridine rings is 1. The van der Waals surface area contributed by atoms with Crippen molar-refractivity contribution < 1.29 is 8.42 Å². The van der Waals surface area contributed by atoms with Crippen molar-refractivity contribution in [2.45, 2.75) is 0 Å². The predicted octanol–water partition coefficient (Wildman–Crippen LogP) is 0.0126. The number of guanidine groups is 1. The maximum atomic E-state index is 12.5. The Morgan fingerprint density at radius 1 is 1.12 bits per heavy atom. The number of nitrogens with zero attached hydrogens (tertiary/aromatic N) is 6. The Bertz CT molecular complexity index is 657. The summed E-state index contributed by atoms with van der Waals surface area (Å²) in [5, 5.41) is 0. The molecular weight excluding hydrogens is 340 g/mol. The average Bonchev–Trinajstić information content (AvgIpc) is 2.59. The number of hydrogen-bond acceptors (Lipinski definition) is 5. The highest BCUT2D eigenvalue weighted by Crippen LogP contribution is 2.14. The average molecular weight is 369 g/mol. The van der Waals surface area contributed by atoms with Gasteiger partial charge in [0.25, 0.3) is 0 Å². The van der Waals surface area contributed by atoms with E-state index in [1.165, 1.54) is 0 Å². The summed E-state index contributed by atoms with van der Waals surface area (Å²) in [5.74, 6) is 1.68. The summed E-state index contributed by atoms with van der Waals surface area (Å²) < 4.78 is 26.7. The van der Waals surface area contributed by atoms with Gasteiger partial charge >= 0.3 is 0 Å². The van der Waals surface area contributed by atoms with E-state index in [1.807, 2.05) is 56.2 Å². The highest BCUT2D eigenvalue weighted by molar-refractivity contribution is 7.89. The molecule has 9 heteroatoms. The molecular formula is C16H28N6O2S. The molecule has 0 atom stereocenters. The quantitative estimate of drug-likeness (QED) is 0.539. The van der Waals surface area contributed by atoms with E-state index in [9.17, 15) is 8.42 Å². The summed E-state index contributed by atoms with van der Waals surface area (Å²) in [6, 6.07) is 5.76. The fourth-order valence-corrected chi connectivity index (χ4v) is 4.11. The number of piperazine rings is 1. The molecule has 0 saturated carbocycles. The van der Waals surface area contributed by atoms with Gasteiger partial charge in [-0.2, -0.15) is 4.31 Å². The molecule has 1 aliphatic heterocycles. The van der Waals surface area contributed by atoms with Crippen LogP contribution in [0.25, 0.3) is 0 Å². The molecule has 0 radical (unpaired) electrons. The third-order valence-electron chi connectivity index (χ3n) is 4.01. The first kappa shape index (κ1) is 19.5. The standard InChI is InChI=1S/C16H28N6O2S/c1-19(2)16(20(3)4)18-9-14-25(23,24)22-12-10-21(11-13-22)15-7-5-6-8-17-15/h5-8H,9-14H2,1-4H3. The first-order valence-electron chi connectivity index (χ1n) is 8.34. The Labute approximate surface area is 150 Å². The van der Waals surface area contributed by atoms with E-state index in [4.69, 9.17) is 0 Å². The first-order valence-corrected chi connectivity index (χ1v) is 9.95. The second kappa shape index (κ2) is 8.48. The molecule has 0 spiro atoms. The Kier molecular flexibility index (Phi) is 6.60. The maximum absolute atomic E-state index is 12.5. The van der Waals surface area contributed by atoms with Gasteiger partial charge in [0.1, 0.15) is 5.82 Å². The van der Waals surface area contributed by atoms with Gasteiger partial charge in [0.05, 0.1) is 12.3 Å². The number of aromatic nitrogens is 1. The predicted molar refractivity (Wildman–Crippen MR) is 101 cm³/mol. The Balaban J connectivity index is 1.90. The summed E-state index contributed by atoms with van der Waals surface area (Å²) in [7, 11) is 4.28. The molecule has 0 aliphatic carbocycles. The van der Waals surface area contributed by atoms with Crippen LogP contribution in [0.5, 0.6) is 0 Å². The van der Waals surface area contributed by atoms with Gasteiger partial charge in [-0.25, -0.2) is 13.4 Å². The van der Waals surface area contributed by atoms with Crippen molar-refractivity contribution in [1.29, 1.82) is 0 Å². The van der Waals surface area contributed by atoms with Crippen LogP contribution in [-0.2, 0) is 10.0 Å². The minimum atomic E-state index is -3.29. The van der Waals surface area contributed by atoms with E-state index in [-0.39, 0.29) is 12.3 Å². The molecule has 1 aromatic heterocycles. The smallest absolute Gasteiger partial charge is 0.216 e. The normalized spacial score (nSPS) is 15.8. The highest BCUT2D eigenvalue weighted by Gasteiger charge is 2.27. The van der Waals surface area contributed by atoms with Gasteiger partial charge in [-0.15, -0.1) is 0 Å². The summed E-state index contributed by atoms with van der Waals surface area (Å²) in [4.78, 5) is 14.6. The van der Waals surface area contributed by atoms with Crippen LogP contribution in [0.2, 0.25) is 0 Å². The maximum Gasteiger partial charge on any atom is 0.216 e. The topological polar surface area (TPSA) is 72.4 Å². The number of aliphatic imine (C=N–C) groups is 1. The highest BCUT2D eigenvalue weighted by atomic mass is 32.2. The molecule has 0 bridgehead atoms. The van der Waals surface area contributed by atoms with Crippen LogP contribution in [0, 0.1) is 0 Å². The lowest BCUT2D eigenvalue weighted by molar-refractivity contribution is 0.384. The van der Waals surface area contributed by atoms with Gasteiger partial charge in [0.2, 0.25) is 10.0 Å². The van der Waals surface area contributed by atoms with E-state index < -0.39 is 10.0 Å². The van der Waals surface area contributed by atoms with Crippen molar-refractivity contribution in [3.05, 3.63) is 24.4 Å². The van der Waals surface area contributed by atoms with Crippen LogP contribution in [0.3, 0.4) is 0 Å². The minimum Gasteiger partial charge on any atom is -0.354 e. The zero-order chi connectivity index (χ0) is 18.4. The van der Waals surface area contributed by atoms with Crippen LogP contribution in [0.1, 0.15) is 0 Å². The van der Waals surface area contributed by atoms with Gasteiger partial charge in [-0.1, -0.05) is 6.07 Å². The molecule has 0 aromatic carbocycles. The molecule has 2 heterocycles. The molecule has 1 fully saturated rings. The van der Waals surface area contributed by atoms with Gasteiger partial charge in [-0.05, 0) is 12.1 Å². The van der Waals surface area contributed by atoms with Crippen molar-refractivity contribution in [2.24, 2.45) is 4.99 Å². The molecule has 0 amide bonds. The lowest BCUT2D eigenvalue weighted by atomic mass is 10.3. The number of hydrogen-bond donors (Lipinski definition) is 0. The molecule has 0 N–H and O–H groups in total. The zero-order valence-electron chi connectivity index (χ0n) is 15.5. The SMILES string of the molecule is CN(C)C(=NCCS(=O)(=O)N1CCN(c2ccccn2)CC1)N(C)C. The van der Waals surface area contributed by atoms with Crippen molar-refractivity contribution >= 4 is 21.8 Å². The monoisotopic (exact) mass is 368 g/mol. The third kappa shape index (κ3) is 5.30. The Morgan fingerprint density at radius 2 is 1.76 bits per heavy atom. The van der Waals surface area contributed by atoms with Crippen molar-refractivity contribution in [1.82, 2.24) is 19.1 Å². The largest absolute Gasteiger partial charge is 0.354 e. The summed E-state index contributed by atoms with van der Waals surface area (Å²) in [6.07, 6.45) is 1.75. The molecule has 1 aromatic rings. The van der Waals surface area contributed by atoms with Gasteiger partial charge in [0.15, 0.2) is 5.96 Å². The van der Waals surface area contributed by atoms with E-state index in [2.05, 4.69) is 14.9 Å². The van der Waals surface area contributed by atoms with Crippen LogP contribution >= 0.6 is 0 Å². The summed E-state index contributed by atoms with van der Waals surface area (Å²) >= 11 is 0. The summed E-state index contributed by atoms with van der Waals surface area (Å²) in [5.41, 5.74) is 0. The van der Waals surface area contributed by atoms with Crippen LogP contribution in [0.4, 0.5) is 5.82 Å². The van der Waals surface area contributed by atoms with Crippen LogP contribution < -0.4 is 4.90 Å². The second-order valence-electron chi connectivity index (χ2n) is 6.36. The Hall–Kier alpha value is -1.87. The van der Waals surface area contributed by atoms with Crippen LogP contribution in [-0.4, -0.2) is 100 Å². The fourth-order valence-electron chi connectivity index (χ4n) is 2.81. The van der Waals surface area contributed by atoms with Crippen molar-refractivity contribution in [3.8, 4) is 0 Å². The van der Waals surface area contributed by atoms with Gasteiger partial charge < -0.3 is 14.7 Å². The fraction of sp³-hybridized carbons (Fsp3) is 0.625. The second-order valence-corrected chi connectivity index (χ2v) is 8.45. The van der Waals surface area contributed by atoms with Crippen molar-refractivity contribution in [3.63, 3.8) is 0 Å². The van der Waals surface area contributed by atoms with Gasteiger partial charge in [0, 0.05) is 60.6 Å². The van der Waals surface area contributed by atoms with E-state index in [0.29, 0.717) is 26.2 Å². The van der Waals surface area contributed by atoms with E-state index >= 15 is 0 Å². The number of sulfonamides is 1. The lowest BCUT2D eigenvalue weighted by Crippen LogP contribution is -2.49. The number of anilines is 1. The molecule has 140 valence electrons. The van der Waals surface area contributed by atoms with E-state index in [1.54, 1.807) is 10.5 Å². The molecule has 1 saturated heterocycles. The van der Waals surface area contributed by atoms with Gasteiger partial charge in [-0.3, -0.25) is 4.99 Å². The lowest BCUT2D eigenvalue weighted by Gasteiger charge is -2.34. The zero-order valence-corrected chi connectivity index (χ0v) is 16.3. The molecule has 8 nitrogen and oxygen atoms in total. The van der Waals surface area contributed by atoms with Crippen molar-refractivity contribution in [2.75, 3.05) is 71.6 Å².